The van der Waals surface area contributed by atoms with E-state index < -0.39 is 0 Å². The lowest BCUT2D eigenvalue weighted by molar-refractivity contribution is -0.930. The van der Waals surface area contributed by atoms with Crippen molar-refractivity contribution in [3.05, 3.63) is 65.2 Å². The third kappa shape index (κ3) is 4.25. The summed E-state index contributed by atoms with van der Waals surface area (Å²) < 4.78 is 0.473. The number of para-hydroxylation sites is 1. The maximum Gasteiger partial charge on any atom is 0.279 e. The van der Waals surface area contributed by atoms with Gasteiger partial charge in [-0.1, -0.05) is 48.5 Å². The van der Waals surface area contributed by atoms with Crippen molar-refractivity contribution in [2.24, 2.45) is 0 Å². The Balaban J connectivity index is 1.87. The van der Waals surface area contributed by atoms with Crippen LogP contribution in [0.25, 0.3) is 0 Å². The molecule has 3 rings (SSSR count). The quantitative estimate of drug-likeness (QED) is 0.755. The van der Waals surface area contributed by atoms with Crippen LogP contribution in [0.15, 0.2) is 48.5 Å². The lowest BCUT2D eigenvalue weighted by Gasteiger charge is -2.39. The molecule has 2 amide bonds. The number of amides is 2. The van der Waals surface area contributed by atoms with Crippen LogP contribution in [-0.4, -0.2) is 43.0 Å². The third-order valence-corrected chi connectivity index (χ3v) is 5.87. The number of hydrogen-bond donors (Lipinski definition) is 2. The fourth-order valence-corrected chi connectivity index (χ4v) is 4.46. The lowest BCUT2D eigenvalue weighted by Crippen LogP contribution is -2.55. The molecule has 2 aromatic carbocycles. The highest BCUT2D eigenvalue weighted by Crippen LogP contribution is 2.39. The third-order valence-electron chi connectivity index (χ3n) is 5.87. The van der Waals surface area contributed by atoms with Crippen LogP contribution in [0.1, 0.15) is 35.6 Å². The highest BCUT2D eigenvalue weighted by atomic mass is 16.2. The number of nitrogens with one attached hydrogen (secondary N) is 2. The van der Waals surface area contributed by atoms with Gasteiger partial charge in [0.25, 0.3) is 11.8 Å². The minimum absolute atomic E-state index is 0.0253. The van der Waals surface area contributed by atoms with Crippen LogP contribution < -0.4 is 10.6 Å². The first-order valence-electron chi connectivity index (χ1n) is 9.92. The van der Waals surface area contributed by atoms with Crippen molar-refractivity contribution >= 4 is 17.5 Å². The van der Waals surface area contributed by atoms with Gasteiger partial charge in [-0.2, -0.15) is 0 Å². The lowest BCUT2D eigenvalue weighted by atomic mass is 10.0. The van der Waals surface area contributed by atoms with E-state index in [-0.39, 0.29) is 17.9 Å². The molecule has 2 atom stereocenters. The minimum atomic E-state index is -0.0378. The molecule has 0 radical (unpaired) electrons. The molecule has 0 bridgehead atoms. The average Bonchev–Trinajstić information content (AvgIpc) is 3.08. The molecular weight excluding hydrogens is 350 g/mol. The Morgan fingerprint density at radius 1 is 0.964 bits per heavy atom. The van der Waals surface area contributed by atoms with Crippen LogP contribution >= 0.6 is 0 Å². The molecular formula is C23H30N3O2+. The Morgan fingerprint density at radius 3 is 2.25 bits per heavy atom. The number of likely N-dealkylation sites (tertiary alicyclic amines) is 1. The number of hydrogen-bond acceptors (Lipinski definition) is 2. The Hall–Kier alpha value is -2.66. The number of benzene rings is 2. The summed E-state index contributed by atoms with van der Waals surface area (Å²) in [5.74, 6) is -0.0631. The van der Waals surface area contributed by atoms with Crippen molar-refractivity contribution in [2.75, 3.05) is 32.0 Å². The second-order valence-electron chi connectivity index (χ2n) is 7.82. The minimum Gasteiger partial charge on any atom is -0.354 e. The fraction of sp³-hybridized carbons (Fsp3) is 0.391. The number of aryl methyl sites for hydroxylation is 2. The predicted octanol–water partition coefficient (Wildman–Crippen LogP) is 3.34. The Morgan fingerprint density at radius 2 is 1.61 bits per heavy atom. The van der Waals surface area contributed by atoms with Gasteiger partial charge in [0.1, 0.15) is 6.04 Å². The first-order chi connectivity index (χ1) is 13.4. The first-order valence-corrected chi connectivity index (χ1v) is 9.92. The zero-order chi connectivity index (χ0) is 20.1. The summed E-state index contributed by atoms with van der Waals surface area (Å²) in [7, 11) is 1.66. The van der Waals surface area contributed by atoms with E-state index in [9.17, 15) is 9.59 Å². The summed E-state index contributed by atoms with van der Waals surface area (Å²) in [5.41, 5.74) is 4.17. The van der Waals surface area contributed by atoms with Crippen LogP contribution in [-0.2, 0) is 9.59 Å². The molecule has 1 heterocycles. The standard InChI is InChI=1S/C23H29N3O2/c1-17-9-7-10-18(2)23(17)25-22(28)16-26(15-21(27)24-3)14-8-13-20(26)19-11-5-4-6-12-19/h4-7,9-12,20H,8,13-16H2,1-3H3,(H-,24,25,27,28)/p+1. The molecule has 5 heteroatoms. The van der Waals surface area contributed by atoms with Crippen molar-refractivity contribution in [3.8, 4) is 0 Å². The van der Waals surface area contributed by atoms with Crippen LogP contribution in [0.2, 0.25) is 0 Å². The normalized spacial score (nSPS) is 21.3. The van der Waals surface area contributed by atoms with Crippen LogP contribution in [0.3, 0.4) is 0 Å². The summed E-state index contributed by atoms with van der Waals surface area (Å²) in [6.07, 6.45) is 1.99. The Labute approximate surface area is 167 Å². The second kappa shape index (κ2) is 8.57. The zero-order valence-corrected chi connectivity index (χ0v) is 17.0. The van der Waals surface area contributed by atoms with E-state index in [1.807, 2.05) is 50.2 Å². The van der Waals surface area contributed by atoms with Crippen molar-refractivity contribution in [1.82, 2.24) is 5.32 Å². The molecule has 148 valence electrons. The van der Waals surface area contributed by atoms with Crippen LogP contribution in [0, 0.1) is 13.8 Å². The van der Waals surface area contributed by atoms with Crippen LogP contribution in [0.5, 0.6) is 0 Å². The van der Waals surface area contributed by atoms with E-state index >= 15 is 0 Å². The largest absolute Gasteiger partial charge is 0.354 e. The van der Waals surface area contributed by atoms with Gasteiger partial charge < -0.3 is 15.1 Å². The van der Waals surface area contributed by atoms with Gasteiger partial charge in [0, 0.05) is 31.1 Å². The maximum atomic E-state index is 13.1. The van der Waals surface area contributed by atoms with Crippen molar-refractivity contribution in [2.45, 2.75) is 32.7 Å². The summed E-state index contributed by atoms with van der Waals surface area (Å²) >= 11 is 0. The van der Waals surface area contributed by atoms with E-state index in [1.165, 1.54) is 5.56 Å². The zero-order valence-electron chi connectivity index (χ0n) is 17.0. The predicted molar refractivity (Wildman–Crippen MR) is 112 cm³/mol. The number of nitrogens with zero attached hydrogens (tertiary/aromatic N) is 1. The summed E-state index contributed by atoms with van der Waals surface area (Å²) in [4.78, 5) is 25.4. The number of likely N-dealkylation sites (N-methyl/N-ethyl adjacent to an activating group) is 1. The van der Waals surface area contributed by atoms with Gasteiger partial charge in [0.2, 0.25) is 0 Å². The molecule has 1 aliphatic heterocycles. The maximum absolute atomic E-state index is 13.1. The van der Waals surface area contributed by atoms with Gasteiger partial charge in [-0.15, -0.1) is 0 Å². The fourth-order valence-electron chi connectivity index (χ4n) is 4.46. The summed E-state index contributed by atoms with van der Waals surface area (Å²) in [5, 5.41) is 5.85. The van der Waals surface area contributed by atoms with E-state index in [0.29, 0.717) is 17.6 Å². The smallest absolute Gasteiger partial charge is 0.279 e. The number of carbonyl (C=O) groups is 2. The Bertz CT molecular complexity index is 830. The second-order valence-corrected chi connectivity index (χ2v) is 7.82. The van der Waals surface area contributed by atoms with Crippen molar-refractivity contribution in [1.29, 1.82) is 0 Å². The van der Waals surface area contributed by atoms with E-state index in [2.05, 4.69) is 22.8 Å². The molecule has 0 spiro atoms. The number of anilines is 1. The van der Waals surface area contributed by atoms with E-state index in [0.717, 1.165) is 36.2 Å². The van der Waals surface area contributed by atoms with Gasteiger partial charge in [-0.25, -0.2) is 0 Å². The molecule has 0 aliphatic carbocycles. The molecule has 28 heavy (non-hydrogen) atoms. The topological polar surface area (TPSA) is 58.2 Å². The van der Waals surface area contributed by atoms with Crippen molar-refractivity contribution < 1.29 is 14.1 Å². The highest BCUT2D eigenvalue weighted by Gasteiger charge is 2.45. The van der Waals surface area contributed by atoms with Crippen LogP contribution in [0.4, 0.5) is 5.69 Å². The van der Waals surface area contributed by atoms with Crippen molar-refractivity contribution in [3.63, 3.8) is 0 Å². The van der Waals surface area contributed by atoms with Gasteiger partial charge in [-0.3, -0.25) is 9.59 Å². The SMILES string of the molecule is CNC(=O)C[N+]1(CC(=O)Nc2c(C)cccc2C)CCCC1c1ccccc1. The molecule has 1 fully saturated rings. The molecule has 2 aromatic rings. The highest BCUT2D eigenvalue weighted by molar-refractivity contribution is 5.93. The summed E-state index contributed by atoms with van der Waals surface area (Å²) in [6.45, 7) is 5.43. The molecule has 0 aromatic heterocycles. The molecule has 2 N–H and O–H groups in total. The van der Waals surface area contributed by atoms with E-state index in [1.54, 1.807) is 7.05 Å². The van der Waals surface area contributed by atoms with Gasteiger partial charge in [-0.05, 0) is 25.0 Å². The molecule has 0 saturated carbocycles. The molecule has 2 unspecified atom stereocenters. The molecule has 5 nitrogen and oxygen atoms in total. The monoisotopic (exact) mass is 380 g/mol. The Kier molecular flexibility index (Phi) is 6.15. The van der Waals surface area contributed by atoms with Gasteiger partial charge >= 0.3 is 0 Å². The molecule has 1 saturated heterocycles. The summed E-state index contributed by atoms with van der Waals surface area (Å²) in [6, 6.07) is 16.4. The van der Waals surface area contributed by atoms with Gasteiger partial charge in [0.05, 0.1) is 6.54 Å². The number of quaternary nitrogens is 1. The van der Waals surface area contributed by atoms with E-state index in [4.69, 9.17) is 0 Å². The molecule has 1 aliphatic rings. The van der Waals surface area contributed by atoms with Gasteiger partial charge in [0.15, 0.2) is 13.1 Å². The number of carbonyl (C=O) groups excluding carboxylic acids is 2. The average molecular weight is 381 g/mol. The first kappa shape index (κ1) is 20.1. The number of rotatable bonds is 6.